The number of halogens is 1. The number of carbonyl (C=O) groups excluding carboxylic acids is 2. The third-order valence-corrected chi connectivity index (χ3v) is 5.38. The first-order valence-corrected chi connectivity index (χ1v) is 11.4. The van der Waals surface area contributed by atoms with Crippen LogP contribution in [-0.2, 0) is 16.1 Å². The summed E-state index contributed by atoms with van der Waals surface area (Å²) in [6, 6.07) is 14.1. The molecule has 2 amide bonds. The van der Waals surface area contributed by atoms with Crippen molar-refractivity contribution in [2.45, 2.75) is 52.1 Å². The van der Waals surface area contributed by atoms with Crippen LogP contribution in [0.15, 0.2) is 48.5 Å². The van der Waals surface area contributed by atoms with Gasteiger partial charge in [-0.2, -0.15) is 0 Å². The lowest BCUT2D eigenvalue weighted by molar-refractivity contribution is -0.140. The fraction of sp³-hybridized carbons (Fsp3) is 0.440. The van der Waals surface area contributed by atoms with Crippen LogP contribution in [0.5, 0.6) is 11.5 Å². The molecular weight excluding hydrogens is 428 g/mol. The van der Waals surface area contributed by atoms with E-state index in [1.807, 2.05) is 24.3 Å². The molecule has 32 heavy (non-hydrogen) atoms. The summed E-state index contributed by atoms with van der Waals surface area (Å²) in [6.45, 7) is 5.21. The second-order valence-corrected chi connectivity index (χ2v) is 8.03. The molecule has 0 heterocycles. The summed E-state index contributed by atoms with van der Waals surface area (Å²) in [4.78, 5) is 27.3. The van der Waals surface area contributed by atoms with Crippen LogP contribution >= 0.6 is 11.6 Å². The molecule has 0 unspecified atom stereocenters. The van der Waals surface area contributed by atoms with Crippen molar-refractivity contribution in [3.8, 4) is 11.5 Å². The molecular formula is C25H33ClN2O4. The van der Waals surface area contributed by atoms with Crippen LogP contribution in [0.4, 0.5) is 0 Å². The van der Waals surface area contributed by atoms with Crippen LogP contribution < -0.4 is 14.8 Å². The summed E-state index contributed by atoms with van der Waals surface area (Å²) < 4.78 is 10.9. The summed E-state index contributed by atoms with van der Waals surface area (Å²) in [5, 5.41) is 3.57. The quantitative estimate of drug-likeness (QED) is 0.434. The number of carbonyl (C=O) groups is 2. The van der Waals surface area contributed by atoms with Gasteiger partial charge in [-0.3, -0.25) is 9.59 Å². The number of nitrogens with one attached hydrogen (secondary N) is 1. The average molecular weight is 461 g/mol. The van der Waals surface area contributed by atoms with Crippen LogP contribution in [0.25, 0.3) is 0 Å². The molecule has 1 N–H and O–H groups in total. The number of ether oxygens (including phenoxy) is 2. The zero-order valence-corrected chi connectivity index (χ0v) is 19.9. The van der Waals surface area contributed by atoms with Crippen LogP contribution in [-0.4, -0.2) is 43.0 Å². The molecule has 2 rings (SSSR count). The summed E-state index contributed by atoms with van der Waals surface area (Å²) in [6.07, 6.45) is 2.74. The Hall–Kier alpha value is -2.73. The predicted molar refractivity (Wildman–Crippen MR) is 127 cm³/mol. The number of rotatable bonds is 13. The molecule has 0 saturated carbocycles. The minimum absolute atomic E-state index is 0.0846. The Morgan fingerprint density at radius 3 is 2.31 bits per heavy atom. The second kappa shape index (κ2) is 13.6. The highest BCUT2D eigenvalue weighted by molar-refractivity contribution is 6.30. The minimum Gasteiger partial charge on any atom is -0.497 e. The topological polar surface area (TPSA) is 67.9 Å². The van der Waals surface area contributed by atoms with Crippen molar-refractivity contribution in [3.63, 3.8) is 0 Å². The average Bonchev–Trinajstić information content (AvgIpc) is 2.81. The fourth-order valence-corrected chi connectivity index (χ4v) is 3.26. The van der Waals surface area contributed by atoms with Gasteiger partial charge in [0.1, 0.15) is 17.5 Å². The first-order chi connectivity index (χ1) is 15.4. The van der Waals surface area contributed by atoms with Crippen LogP contribution in [0.3, 0.4) is 0 Å². The van der Waals surface area contributed by atoms with Gasteiger partial charge in [0.15, 0.2) is 0 Å². The zero-order chi connectivity index (χ0) is 23.3. The van der Waals surface area contributed by atoms with Gasteiger partial charge in [-0.05, 0) is 61.7 Å². The van der Waals surface area contributed by atoms with Gasteiger partial charge in [0.05, 0.1) is 13.7 Å². The standard InChI is InChI=1S/C25H33ClN2O4/c1-4-5-16-27-25(30)19(2)28(18-20-8-12-22(31-3)13-9-20)24(29)7-6-17-32-23-14-10-21(26)11-15-23/h8-15,19H,4-7,16-18H2,1-3H3,(H,27,30)/t19-/m0/s1. The van der Waals surface area contributed by atoms with Crippen molar-refractivity contribution in [1.82, 2.24) is 10.2 Å². The summed E-state index contributed by atoms with van der Waals surface area (Å²) in [5.74, 6) is 1.23. The highest BCUT2D eigenvalue weighted by Gasteiger charge is 2.25. The van der Waals surface area contributed by atoms with Gasteiger partial charge in [-0.25, -0.2) is 0 Å². The Balaban J connectivity index is 1.98. The molecule has 0 aliphatic heterocycles. The smallest absolute Gasteiger partial charge is 0.242 e. The molecule has 2 aromatic rings. The SMILES string of the molecule is CCCCNC(=O)[C@H](C)N(Cc1ccc(OC)cc1)C(=O)CCCOc1ccc(Cl)cc1. The van der Waals surface area contributed by atoms with Crippen molar-refractivity contribution >= 4 is 23.4 Å². The van der Waals surface area contributed by atoms with E-state index >= 15 is 0 Å². The first-order valence-electron chi connectivity index (χ1n) is 11.0. The Morgan fingerprint density at radius 2 is 1.69 bits per heavy atom. The largest absolute Gasteiger partial charge is 0.497 e. The van der Waals surface area contributed by atoms with Gasteiger partial charge < -0.3 is 19.7 Å². The molecule has 2 aromatic carbocycles. The van der Waals surface area contributed by atoms with E-state index in [1.165, 1.54) is 0 Å². The van der Waals surface area contributed by atoms with Gasteiger partial charge in [0, 0.05) is 24.5 Å². The summed E-state index contributed by atoms with van der Waals surface area (Å²) >= 11 is 5.88. The Morgan fingerprint density at radius 1 is 1.03 bits per heavy atom. The van der Waals surface area contributed by atoms with Gasteiger partial charge in [0.25, 0.3) is 0 Å². The predicted octanol–water partition coefficient (Wildman–Crippen LogP) is 4.84. The van der Waals surface area contributed by atoms with E-state index in [0.29, 0.717) is 36.9 Å². The molecule has 0 aliphatic rings. The maximum Gasteiger partial charge on any atom is 0.242 e. The van der Waals surface area contributed by atoms with E-state index in [9.17, 15) is 9.59 Å². The summed E-state index contributed by atoms with van der Waals surface area (Å²) in [7, 11) is 1.61. The van der Waals surface area contributed by atoms with Gasteiger partial charge in [-0.15, -0.1) is 0 Å². The Bertz CT molecular complexity index is 840. The van der Waals surface area contributed by atoms with E-state index in [-0.39, 0.29) is 18.2 Å². The maximum absolute atomic E-state index is 13.1. The first kappa shape index (κ1) is 25.5. The molecule has 0 aliphatic carbocycles. The number of nitrogens with zero attached hydrogens (tertiary/aromatic N) is 1. The van der Waals surface area contributed by atoms with Crippen LogP contribution in [0, 0.1) is 0 Å². The molecule has 0 aromatic heterocycles. The van der Waals surface area contributed by atoms with Gasteiger partial charge in [0.2, 0.25) is 11.8 Å². The highest BCUT2D eigenvalue weighted by Crippen LogP contribution is 2.18. The molecule has 1 atom stereocenters. The van der Waals surface area contributed by atoms with E-state index in [4.69, 9.17) is 21.1 Å². The van der Waals surface area contributed by atoms with Gasteiger partial charge in [-0.1, -0.05) is 37.1 Å². The number of hydrogen-bond acceptors (Lipinski definition) is 4. The third-order valence-electron chi connectivity index (χ3n) is 5.13. The van der Waals surface area contributed by atoms with Crippen molar-refractivity contribution in [2.75, 3.05) is 20.3 Å². The molecule has 6 nitrogen and oxygen atoms in total. The molecule has 0 spiro atoms. The van der Waals surface area contributed by atoms with Crippen molar-refractivity contribution in [3.05, 3.63) is 59.1 Å². The molecule has 174 valence electrons. The monoisotopic (exact) mass is 460 g/mol. The Kier molecular flexibility index (Phi) is 10.9. The van der Waals surface area contributed by atoms with Crippen molar-refractivity contribution in [1.29, 1.82) is 0 Å². The highest BCUT2D eigenvalue weighted by atomic mass is 35.5. The lowest BCUT2D eigenvalue weighted by atomic mass is 10.1. The van der Waals surface area contributed by atoms with Crippen LogP contribution in [0.2, 0.25) is 5.02 Å². The Labute approximate surface area is 195 Å². The van der Waals surface area contributed by atoms with Crippen LogP contribution in [0.1, 0.15) is 45.1 Å². The number of hydrogen-bond donors (Lipinski definition) is 1. The number of amides is 2. The van der Waals surface area contributed by atoms with Crippen molar-refractivity contribution in [2.24, 2.45) is 0 Å². The minimum atomic E-state index is -0.571. The third kappa shape index (κ3) is 8.42. The number of methoxy groups -OCH3 is 1. The molecule has 0 saturated heterocycles. The number of unbranched alkanes of at least 4 members (excludes halogenated alkanes) is 1. The molecule has 0 fully saturated rings. The van der Waals surface area contributed by atoms with Gasteiger partial charge >= 0.3 is 0 Å². The normalized spacial score (nSPS) is 11.5. The molecule has 7 heteroatoms. The van der Waals surface area contributed by atoms with E-state index in [2.05, 4.69) is 12.2 Å². The molecule has 0 radical (unpaired) electrons. The number of benzene rings is 2. The van der Waals surface area contributed by atoms with E-state index < -0.39 is 6.04 Å². The van der Waals surface area contributed by atoms with Crippen molar-refractivity contribution < 1.29 is 19.1 Å². The lowest BCUT2D eigenvalue weighted by Crippen LogP contribution is -2.47. The van der Waals surface area contributed by atoms with E-state index in [1.54, 1.807) is 43.2 Å². The summed E-state index contributed by atoms with van der Waals surface area (Å²) in [5.41, 5.74) is 0.935. The maximum atomic E-state index is 13.1. The zero-order valence-electron chi connectivity index (χ0n) is 19.1. The molecule has 0 bridgehead atoms. The van der Waals surface area contributed by atoms with E-state index in [0.717, 1.165) is 24.2 Å². The fourth-order valence-electron chi connectivity index (χ4n) is 3.13. The second-order valence-electron chi connectivity index (χ2n) is 7.60. The lowest BCUT2D eigenvalue weighted by Gasteiger charge is -2.29.